The second-order valence-corrected chi connectivity index (χ2v) is 6.27. The standard InChI is InChI=1S/C17H23N7O3/c1-12-11-16(20-13(2)19-12)21-15-4-3-14(24(25)26)17(22-15)18-5-6-23-7-9-27-10-8-23/h3-4,11H,5-10H2,1-2H3,(H2,18,19,20,21,22). The maximum Gasteiger partial charge on any atom is 0.311 e. The van der Waals surface area contributed by atoms with Gasteiger partial charge in [-0.25, -0.2) is 15.0 Å². The van der Waals surface area contributed by atoms with Gasteiger partial charge in [-0.1, -0.05) is 0 Å². The first-order valence-corrected chi connectivity index (χ1v) is 8.80. The molecule has 1 fully saturated rings. The van der Waals surface area contributed by atoms with Crippen molar-refractivity contribution in [1.29, 1.82) is 0 Å². The zero-order valence-electron chi connectivity index (χ0n) is 15.4. The van der Waals surface area contributed by atoms with E-state index in [9.17, 15) is 10.1 Å². The number of aromatic nitrogens is 3. The Bertz CT molecular complexity index is 789. The van der Waals surface area contributed by atoms with Crippen LogP contribution in [0.25, 0.3) is 0 Å². The lowest BCUT2D eigenvalue weighted by Crippen LogP contribution is -2.39. The van der Waals surface area contributed by atoms with Crippen molar-refractivity contribution in [3.8, 4) is 0 Å². The lowest BCUT2D eigenvalue weighted by molar-refractivity contribution is -0.384. The van der Waals surface area contributed by atoms with Crippen molar-refractivity contribution in [2.45, 2.75) is 13.8 Å². The van der Waals surface area contributed by atoms with E-state index in [1.54, 1.807) is 19.1 Å². The molecular formula is C17H23N7O3. The Hall–Kier alpha value is -2.85. The largest absolute Gasteiger partial charge is 0.379 e. The summed E-state index contributed by atoms with van der Waals surface area (Å²) in [6, 6.07) is 4.80. The number of pyridine rings is 1. The SMILES string of the molecule is Cc1cc(Nc2ccc([N+](=O)[O-])c(NCCN3CCOCC3)n2)nc(C)n1. The van der Waals surface area contributed by atoms with Crippen LogP contribution in [0.1, 0.15) is 11.5 Å². The average Bonchev–Trinajstić information content (AvgIpc) is 2.62. The van der Waals surface area contributed by atoms with Gasteiger partial charge in [0.15, 0.2) is 0 Å². The van der Waals surface area contributed by atoms with Crippen LogP contribution in [0.15, 0.2) is 18.2 Å². The Balaban J connectivity index is 1.70. The second-order valence-electron chi connectivity index (χ2n) is 6.27. The lowest BCUT2D eigenvalue weighted by atomic mass is 10.3. The Kier molecular flexibility index (Phi) is 6.09. The van der Waals surface area contributed by atoms with E-state index in [2.05, 4.69) is 30.5 Å². The molecule has 144 valence electrons. The molecule has 2 N–H and O–H groups in total. The average molecular weight is 373 g/mol. The number of hydrogen-bond donors (Lipinski definition) is 2. The summed E-state index contributed by atoms with van der Waals surface area (Å²) in [5.41, 5.74) is 0.772. The fraction of sp³-hybridized carbons (Fsp3) is 0.471. The predicted molar refractivity (Wildman–Crippen MR) is 101 cm³/mol. The molecule has 0 unspecified atom stereocenters. The summed E-state index contributed by atoms with van der Waals surface area (Å²) in [5.74, 6) is 1.96. The van der Waals surface area contributed by atoms with E-state index < -0.39 is 4.92 Å². The van der Waals surface area contributed by atoms with Crippen molar-refractivity contribution in [3.05, 3.63) is 39.8 Å². The van der Waals surface area contributed by atoms with Crippen LogP contribution in [0, 0.1) is 24.0 Å². The number of anilines is 3. The van der Waals surface area contributed by atoms with Gasteiger partial charge in [0, 0.05) is 44.0 Å². The highest BCUT2D eigenvalue weighted by Crippen LogP contribution is 2.25. The first-order valence-electron chi connectivity index (χ1n) is 8.80. The molecular weight excluding hydrogens is 350 g/mol. The highest BCUT2D eigenvalue weighted by Gasteiger charge is 2.17. The molecule has 10 nitrogen and oxygen atoms in total. The van der Waals surface area contributed by atoms with Crippen LogP contribution in [-0.4, -0.2) is 64.2 Å². The van der Waals surface area contributed by atoms with E-state index in [1.807, 2.05) is 6.92 Å². The van der Waals surface area contributed by atoms with Gasteiger partial charge in [-0.2, -0.15) is 0 Å². The summed E-state index contributed by atoms with van der Waals surface area (Å²) >= 11 is 0. The molecule has 0 radical (unpaired) electrons. The fourth-order valence-corrected chi connectivity index (χ4v) is 2.87. The number of hydrogen-bond acceptors (Lipinski definition) is 9. The van der Waals surface area contributed by atoms with Gasteiger partial charge in [0.2, 0.25) is 5.82 Å². The van der Waals surface area contributed by atoms with Crippen LogP contribution in [0.4, 0.5) is 23.1 Å². The summed E-state index contributed by atoms with van der Waals surface area (Å²) in [6.07, 6.45) is 0. The molecule has 3 heterocycles. The maximum absolute atomic E-state index is 11.3. The number of morpholine rings is 1. The Morgan fingerprint density at radius 3 is 2.67 bits per heavy atom. The van der Waals surface area contributed by atoms with Crippen molar-refractivity contribution in [2.75, 3.05) is 50.0 Å². The van der Waals surface area contributed by atoms with Crippen LogP contribution < -0.4 is 10.6 Å². The molecule has 10 heteroatoms. The van der Waals surface area contributed by atoms with Gasteiger partial charge in [-0.05, 0) is 19.9 Å². The minimum atomic E-state index is -0.438. The van der Waals surface area contributed by atoms with E-state index in [0.717, 1.165) is 38.5 Å². The minimum Gasteiger partial charge on any atom is -0.379 e. The molecule has 0 amide bonds. The highest BCUT2D eigenvalue weighted by molar-refractivity contribution is 5.63. The molecule has 2 aromatic heterocycles. The van der Waals surface area contributed by atoms with E-state index in [-0.39, 0.29) is 11.5 Å². The van der Waals surface area contributed by atoms with Gasteiger partial charge in [0.05, 0.1) is 18.1 Å². The van der Waals surface area contributed by atoms with E-state index >= 15 is 0 Å². The number of ether oxygens (including phenoxy) is 1. The minimum absolute atomic E-state index is 0.0578. The van der Waals surface area contributed by atoms with E-state index in [1.165, 1.54) is 6.07 Å². The van der Waals surface area contributed by atoms with Crippen LogP contribution in [-0.2, 0) is 4.74 Å². The normalized spacial score (nSPS) is 14.7. The molecule has 3 rings (SSSR count). The van der Waals surface area contributed by atoms with Gasteiger partial charge in [0.25, 0.3) is 0 Å². The monoisotopic (exact) mass is 373 g/mol. The maximum atomic E-state index is 11.3. The number of rotatable bonds is 7. The third-order valence-corrected chi connectivity index (χ3v) is 4.12. The van der Waals surface area contributed by atoms with Crippen LogP contribution >= 0.6 is 0 Å². The number of nitrogens with one attached hydrogen (secondary N) is 2. The highest BCUT2D eigenvalue weighted by atomic mass is 16.6. The summed E-state index contributed by atoms with van der Waals surface area (Å²) in [7, 11) is 0. The molecule has 27 heavy (non-hydrogen) atoms. The summed E-state index contributed by atoms with van der Waals surface area (Å²) < 4.78 is 5.32. The first kappa shape index (κ1) is 18.9. The number of nitrogens with zero attached hydrogens (tertiary/aromatic N) is 5. The van der Waals surface area contributed by atoms with E-state index in [4.69, 9.17) is 4.74 Å². The summed E-state index contributed by atoms with van der Waals surface area (Å²) in [6.45, 7) is 8.18. The van der Waals surface area contributed by atoms with Gasteiger partial charge in [-0.3, -0.25) is 15.0 Å². The van der Waals surface area contributed by atoms with Gasteiger partial charge in [0.1, 0.15) is 17.5 Å². The molecule has 0 aromatic carbocycles. The number of nitro groups is 1. The molecule has 0 bridgehead atoms. The smallest absolute Gasteiger partial charge is 0.311 e. The van der Waals surface area contributed by atoms with Crippen molar-refractivity contribution in [3.63, 3.8) is 0 Å². The van der Waals surface area contributed by atoms with Crippen LogP contribution in [0.3, 0.4) is 0 Å². The summed E-state index contributed by atoms with van der Waals surface area (Å²) in [4.78, 5) is 26.0. The quantitative estimate of drug-likeness (QED) is 0.554. The van der Waals surface area contributed by atoms with Gasteiger partial charge < -0.3 is 15.4 Å². The second kappa shape index (κ2) is 8.69. The Morgan fingerprint density at radius 1 is 1.19 bits per heavy atom. The van der Waals surface area contributed by atoms with Crippen molar-refractivity contribution < 1.29 is 9.66 Å². The third kappa shape index (κ3) is 5.31. The Morgan fingerprint density at radius 2 is 1.96 bits per heavy atom. The Labute approximate surface area is 157 Å². The molecule has 0 saturated carbocycles. The van der Waals surface area contributed by atoms with Gasteiger partial charge in [-0.15, -0.1) is 0 Å². The molecule has 0 atom stereocenters. The zero-order valence-corrected chi connectivity index (χ0v) is 15.4. The van der Waals surface area contributed by atoms with Crippen molar-refractivity contribution >= 4 is 23.1 Å². The zero-order chi connectivity index (χ0) is 19.2. The van der Waals surface area contributed by atoms with Crippen molar-refractivity contribution in [2.24, 2.45) is 0 Å². The topological polar surface area (TPSA) is 118 Å². The van der Waals surface area contributed by atoms with Gasteiger partial charge >= 0.3 is 5.69 Å². The van der Waals surface area contributed by atoms with Crippen molar-refractivity contribution in [1.82, 2.24) is 19.9 Å². The predicted octanol–water partition coefficient (Wildman–Crippen LogP) is 1.88. The molecule has 1 aliphatic rings. The lowest BCUT2D eigenvalue weighted by Gasteiger charge is -2.26. The molecule has 0 aliphatic carbocycles. The summed E-state index contributed by atoms with van der Waals surface area (Å²) in [5, 5.41) is 17.5. The molecule has 1 aliphatic heterocycles. The first-order chi connectivity index (χ1) is 13.0. The molecule has 1 saturated heterocycles. The fourth-order valence-electron chi connectivity index (χ4n) is 2.87. The van der Waals surface area contributed by atoms with Crippen LogP contribution in [0.2, 0.25) is 0 Å². The van der Waals surface area contributed by atoms with Crippen LogP contribution in [0.5, 0.6) is 0 Å². The molecule has 2 aromatic rings. The molecule has 0 spiro atoms. The van der Waals surface area contributed by atoms with E-state index in [0.29, 0.717) is 24.0 Å². The third-order valence-electron chi connectivity index (χ3n) is 4.12. The number of aryl methyl sites for hydroxylation is 2.